The molecular formula is C14H18P2S. The Morgan fingerprint density at radius 3 is 2.06 bits per heavy atom. The molecule has 0 bridgehead atoms. The van der Waals surface area contributed by atoms with E-state index in [-0.39, 0.29) is 15.8 Å². The Labute approximate surface area is 111 Å². The van der Waals surface area contributed by atoms with Crippen LogP contribution in [0.2, 0.25) is 0 Å². The lowest BCUT2D eigenvalue weighted by Crippen LogP contribution is -2.18. The highest BCUT2D eigenvalue weighted by Gasteiger charge is 2.17. The molecule has 0 saturated carbocycles. The molecule has 17 heavy (non-hydrogen) atoms. The highest BCUT2D eigenvalue weighted by Crippen LogP contribution is 2.38. The van der Waals surface area contributed by atoms with Crippen molar-refractivity contribution in [2.45, 2.75) is 0 Å². The highest BCUT2D eigenvalue weighted by molar-refractivity contribution is 7.71. The van der Waals surface area contributed by atoms with Crippen molar-refractivity contribution in [2.24, 2.45) is 0 Å². The minimum Gasteiger partial charge on any atom is -0.142 e. The van der Waals surface area contributed by atoms with Crippen LogP contribution >= 0.6 is 27.2 Å². The van der Waals surface area contributed by atoms with Crippen LogP contribution in [0.1, 0.15) is 0 Å². The van der Waals surface area contributed by atoms with Crippen LogP contribution < -0.4 is 10.6 Å². The van der Waals surface area contributed by atoms with Gasteiger partial charge in [0.15, 0.2) is 0 Å². The summed E-state index contributed by atoms with van der Waals surface area (Å²) < 4.78 is 0. The fourth-order valence-electron chi connectivity index (χ4n) is 1.89. The molecule has 1 heterocycles. The van der Waals surface area contributed by atoms with Gasteiger partial charge in [0.1, 0.15) is 0 Å². The molecule has 0 nitrogen and oxygen atoms in total. The van der Waals surface area contributed by atoms with Crippen LogP contribution in [-0.4, -0.2) is 26.7 Å². The summed E-state index contributed by atoms with van der Waals surface area (Å²) in [7, 11) is -0.0213. The number of benzene rings is 1. The monoisotopic (exact) mass is 280 g/mol. The molecule has 0 saturated heterocycles. The van der Waals surface area contributed by atoms with Crippen LogP contribution in [0.25, 0.3) is 10.4 Å². The Morgan fingerprint density at radius 1 is 0.882 bits per heavy atom. The van der Waals surface area contributed by atoms with Gasteiger partial charge in [-0.2, -0.15) is 0 Å². The summed E-state index contributed by atoms with van der Waals surface area (Å²) in [6.07, 6.45) is 0. The predicted molar refractivity (Wildman–Crippen MR) is 86.6 cm³/mol. The van der Waals surface area contributed by atoms with E-state index in [1.807, 2.05) is 11.3 Å². The molecule has 90 valence electrons. The van der Waals surface area contributed by atoms with Crippen LogP contribution in [0, 0.1) is 0 Å². The van der Waals surface area contributed by atoms with E-state index >= 15 is 0 Å². The number of hydrogen-bond donors (Lipinski definition) is 0. The molecule has 1 aromatic heterocycles. The predicted octanol–water partition coefficient (Wildman–Crippen LogP) is 4.15. The third-order valence-corrected chi connectivity index (χ3v) is 6.92. The van der Waals surface area contributed by atoms with Crippen molar-refractivity contribution >= 4 is 37.8 Å². The molecule has 3 heteroatoms. The second-order valence-electron chi connectivity index (χ2n) is 4.45. The minimum atomic E-state index is -0.0296. The van der Waals surface area contributed by atoms with E-state index in [1.165, 1.54) is 10.4 Å². The van der Waals surface area contributed by atoms with Crippen molar-refractivity contribution in [3.8, 4) is 10.4 Å². The molecule has 0 N–H and O–H groups in total. The zero-order valence-corrected chi connectivity index (χ0v) is 13.4. The van der Waals surface area contributed by atoms with Gasteiger partial charge in [0.2, 0.25) is 0 Å². The zero-order chi connectivity index (χ0) is 12.4. The quantitative estimate of drug-likeness (QED) is 0.741. The van der Waals surface area contributed by atoms with Crippen LogP contribution in [0.4, 0.5) is 0 Å². The molecule has 2 rings (SSSR count). The van der Waals surface area contributed by atoms with E-state index in [9.17, 15) is 0 Å². The summed E-state index contributed by atoms with van der Waals surface area (Å²) in [5.41, 5.74) is 1.38. The van der Waals surface area contributed by atoms with Gasteiger partial charge < -0.3 is 0 Å². The topological polar surface area (TPSA) is 0 Å². The third-order valence-electron chi connectivity index (χ3n) is 2.71. The van der Waals surface area contributed by atoms with E-state index in [2.05, 4.69) is 62.4 Å². The van der Waals surface area contributed by atoms with Crippen molar-refractivity contribution in [1.82, 2.24) is 0 Å². The molecular weight excluding hydrogens is 262 g/mol. The van der Waals surface area contributed by atoms with Gasteiger partial charge in [0.05, 0.1) is 0 Å². The Balaban J connectivity index is 2.56. The Kier molecular flexibility index (Phi) is 4.36. The maximum Gasteiger partial charge on any atom is 0.0425 e. The van der Waals surface area contributed by atoms with Crippen molar-refractivity contribution in [1.29, 1.82) is 0 Å². The molecule has 1 aromatic carbocycles. The standard InChI is InChI=1S/C14H18P2S/c1-15(2)12-10-17-14(13(12)16(3)4)11-8-6-5-7-9-11/h5-10H,1-4H3. The highest BCUT2D eigenvalue weighted by atomic mass is 32.1. The molecule has 0 aliphatic carbocycles. The van der Waals surface area contributed by atoms with E-state index < -0.39 is 0 Å². The van der Waals surface area contributed by atoms with Crippen LogP contribution in [0.15, 0.2) is 35.7 Å². The second kappa shape index (κ2) is 5.61. The average Bonchev–Trinajstić information content (AvgIpc) is 2.74. The summed E-state index contributed by atoms with van der Waals surface area (Å²) in [6.45, 7) is 9.45. The summed E-state index contributed by atoms with van der Waals surface area (Å²) in [4.78, 5) is 1.49. The first-order valence-corrected chi connectivity index (χ1v) is 11.0. The normalized spacial score (nSPS) is 11.4. The fourth-order valence-corrected chi connectivity index (χ4v) is 7.39. The van der Waals surface area contributed by atoms with E-state index in [1.54, 1.807) is 10.6 Å². The van der Waals surface area contributed by atoms with E-state index in [4.69, 9.17) is 0 Å². The molecule has 0 atom stereocenters. The maximum atomic E-state index is 2.38. The molecule has 0 fully saturated rings. The van der Waals surface area contributed by atoms with Gasteiger partial charge in [-0.1, -0.05) is 46.2 Å². The van der Waals surface area contributed by atoms with Crippen molar-refractivity contribution in [3.63, 3.8) is 0 Å². The van der Waals surface area contributed by atoms with Crippen LogP contribution in [-0.2, 0) is 0 Å². The van der Waals surface area contributed by atoms with Crippen molar-refractivity contribution in [2.75, 3.05) is 26.7 Å². The lowest BCUT2D eigenvalue weighted by Gasteiger charge is -2.14. The third kappa shape index (κ3) is 2.79. The lowest BCUT2D eigenvalue weighted by molar-refractivity contribution is 1.71. The Morgan fingerprint density at radius 2 is 1.53 bits per heavy atom. The summed E-state index contributed by atoms with van der Waals surface area (Å²) in [5, 5.41) is 5.62. The SMILES string of the molecule is CP(C)c1csc(-c2ccccc2)c1P(C)C. The van der Waals surface area contributed by atoms with Crippen molar-refractivity contribution < 1.29 is 0 Å². The second-order valence-corrected chi connectivity index (χ2v) is 9.84. The Bertz CT molecular complexity index is 486. The van der Waals surface area contributed by atoms with Gasteiger partial charge in [-0.15, -0.1) is 11.3 Å². The molecule has 0 radical (unpaired) electrons. The van der Waals surface area contributed by atoms with Crippen LogP contribution in [0.5, 0.6) is 0 Å². The van der Waals surface area contributed by atoms with Gasteiger partial charge in [-0.3, -0.25) is 0 Å². The number of rotatable bonds is 3. The first kappa shape index (κ1) is 13.2. The van der Waals surface area contributed by atoms with Gasteiger partial charge >= 0.3 is 0 Å². The summed E-state index contributed by atoms with van der Waals surface area (Å²) >= 11 is 1.92. The smallest absolute Gasteiger partial charge is 0.0425 e. The fraction of sp³-hybridized carbons (Fsp3) is 0.286. The maximum absolute atomic E-state index is 2.38. The van der Waals surface area contributed by atoms with E-state index in [0.29, 0.717) is 0 Å². The Hall–Kier alpha value is -0.220. The molecule has 0 amide bonds. The molecule has 0 unspecified atom stereocenters. The largest absolute Gasteiger partial charge is 0.142 e. The van der Waals surface area contributed by atoms with E-state index in [0.717, 1.165) is 0 Å². The van der Waals surface area contributed by atoms with Crippen molar-refractivity contribution in [3.05, 3.63) is 35.7 Å². The summed E-state index contributed by atoms with van der Waals surface area (Å²) in [5.74, 6) is 0. The lowest BCUT2D eigenvalue weighted by atomic mass is 10.2. The zero-order valence-electron chi connectivity index (χ0n) is 10.8. The average molecular weight is 280 g/mol. The first-order chi connectivity index (χ1) is 8.11. The first-order valence-electron chi connectivity index (χ1n) is 5.63. The van der Waals surface area contributed by atoms with Gasteiger partial charge in [0.25, 0.3) is 0 Å². The molecule has 0 aliphatic rings. The molecule has 2 aromatic rings. The van der Waals surface area contributed by atoms with Gasteiger partial charge in [0, 0.05) is 10.2 Å². The van der Waals surface area contributed by atoms with Gasteiger partial charge in [-0.25, -0.2) is 0 Å². The molecule has 0 aliphatic heterocycles. The van der Waals surface area contributed by atoms with Gasteiger partial charge in [-0.05, 0) is 42.9 Å². The van der Waals surface area contributed by atoms with Crippen LogP contribution in [0.3, 0.4) is 0 Å². The molecule has 0 spiro atoms. The number of thiophene rings is 1. The minimum absolute atomic E-state index is 0.00827. The number of hydrogen-bond acceptors (Lipinski definition) is 1. The summed E-state index contributed by atoms with van der Waals surface area (Å²) in [6, 6.07) is 10.8.